The molecular formula is C21H16Cl2O4. The van der Waals surface area contributed by atoms with Gasteiger partial charge in [-0.3, -0.25) is 0 Å². The molecule has 0 spiro atoms. The molecule has 0 saturated carbocycles. The molecule has 0 fully saturated rings. The summed E-state index contributed by atoms with van der Waals surface area (Å²) in [6, 6.07) is 21.4. The smallest absolute Gasteiger partial charge is 0.349 e. The first kappa shape index (κ1) is 19.1. The highest BCUT2D eigenvalue weighted by atomic mass is 35.5. The highest BCUT2D eigenvalue weighted by Gasteiger charge is 2.09. The van der Waals surface area contributed by atoms with Crippen molar-refractivity contribution < 1.29 is 19.0 Å². The summed E-state index contributed by atoms with van der Waals surface area (Å²) in [4.78, 5) is 11.9. The van der Waals surface area contributed by atoms with Crippen LogP contribution in [0.1, 0.15) is 5.56 Å². The number of hydrogen-bond donors (Lipinski definition) is 0. The maximum Gasteiger partial charge on any atom is 0.349 e. The van der Waals surface area contributed by atoms with Gasteiger partial charge in [0, 0.05) is 11.1 Å². The van der Waals surface area contributed by atoms with Crippen molar-refractivity contribution in [3.8, 4) is 17.2 Å². The predicted molar refractivity (Wildman–Crippen MR) is 105 cm³/mol. The van der Waals surface area contributed by atoms with Crippen molar-refractivity contribution in [1.29, 1.82) is 0 Å². The molecule has 0 aromatic heterocycles. The summed E-state index contributed by atoms with van der Waals surface area (Å²) in [5.41, 5.74) is 1.07. The van der Waals surface area contributed by atoms with Crippen LogP contribution in [0.25, 0.3) is 0 Å². The van der Waals surface area contributed by atoms with E-state index in [1.807, 2.05) is 30.3 Å². The van der Waals surface area contributed by atoms with E-state index in [-0.39, 0.29) is 6.61 Å². The summed E-state index contributed by atoms with van der Waals surface area (Å²) in [5, 5.41) is 0.834. The molecule has 138 valence electrons. The van der Waals surface area contributed by atoms with Crippen LogP contribution < -0.4 is 14.2 Å². The number of rotatable bonds is 7. The standard InChI is InChI=1S/C21H16Cl2O4/c22-16-6-11-19(23)20(12-16)26-14-21(24)27-18-9-7-17(8-10-18)25-13-15-4-2-1-3-5-15/h1-12H,13-14H2. The summed E-state index contributed by atoms with van der Waals surface area (Å²) in [6.07, 6.45) is 0. The fraction of sp³-hybridized carbons (Fsp3) is 0.0952. The lowest BCUT2D eigenvalue weighted by Crippen LogP contribution is -2.17. The maximum absolute atomic E-state index is 11.9. The number of benzene rings is 3. The van der Waals surface area contributed by atoms with Crippen molar-refractivity contribution in [2.75, 3.05) is 6.61 Å². The second-order valence-electron chi connectivity index (χ2n) is 5.58. The van der Waals surface area contributed by atoms with E-state index in [4.69, 9.17) is 37.4 Å². The van der Waals surface area contributed by atoms with Crippen LogP contribution in [0.15, 0.2) is 72.8 Å². The summed E-state index contributed by atoms with van der Waals surface area (Å²) >= 11 is 11.9. The lowest BCUT2D eigenvalue weighted by molar-refractivity contribution is -0.136. The molecule has 3 aromatic rings. The first-order valence-corrected chi connectivity index (χ1v) is 8.91. The fourth-order valence-electron chi connectivity index (χ4n) is 2.23. The minimum atomic E-state index is -0.552. The maximum atomic E-state index is 11.9. The van der Waals surface area contributed by atoms with E-state index in [0.717, 1.165) is 5.56 Å². The van der Waals surface area contributed by atoms with Crippen LogP contribution in [0, 0.1) is 0 Å². The number of carbonyl (C=O) groups excluding carboxylic acids is 1. The van der Waals surface area contributed by atoms with Crippen LogP contribution in [0.3, 0.4) is 0 Å². The number of carbonyl (C=O) groups is 1. The Balaban J connectivity index is 1.48. The highest BCUT2D eigenvalue weighted by molar-refractivity contribution is 6.34. The van der Waals surface area contributed by atoms with E-state index in [0.29, 0.717) is 33.9 Å². The van der Waals surface area contributed by atoms with Gasteiger partial charge in [-0.25, -0.2) is 4.79 Å². The van der Waals surface area contributed by atoms with Gasteiger partial charge in [0.1, 0.15) is 23.9 Å². The number of esters is 1. The normalized spacial score (nSPS) is 10.3. The molecule has 0 N–H and O–H groups in total. The zero-order valence-electron chi connectivity index (χ0n) is 14.2. The second kappa shape index (κ2) is 9.31. The Morgan fingerprint density at radius 2 is 1.52 bits per heavy atom. The largest absolute Gasteiger partial charge is 0.489 e. The van der Waals surface area contributed by atoms with Gasteiger partial charge < -0.3 is 14.2 Å². The molecule has 0 heterocycles. The van der Waals surface area contributed by atoms with Crippen molar-refractivity contribution in [3.63, 3.8) is 0 Å². The van der Waals surface area contributed by atoms with E-state index >= 15 is 0 Å². The lowest BCUT2D eigenvalue weighted by atomic mass is 10.2. The first-order valence-electron chi connectivity index (χ1n) is 8.15. The summed E-state index contributed by atoms with van der Waals surface area (Å²) in [6.45, 7) is 0.181. The highest BCUT2D eigenvalue weighted by Crippen LogP contribution is 2.27. The van der Waals surface area contributed by atoms with Crippen molar-refractivity contribution in [2.24, 2.45) is 0 Å². The first-order chi connectivity index (χ1) is 13.1. The van der Waals surface area contributed by atoms with Gasteiger partial charge in [0.15, 0.2) is 6.61 Å². The topological polar surface area (TPSA) is 44.8 Å². The van der Waals surface area contributed by atoms with Crippen molar-refractivity contribution in [3.05, 3.63) is 88.4 Å². The third-order valence-electron chi connectivity index (χ3n) is 3.54. The SMILES string of the molecule is O=C(COc1cc(Cl)ccc1Cl)Oc1ccc(OCc2ccccc2)cc1. The Labute approximate surface area is 167 Å². The fourth-order valence-corrected chi connectivity index (χ4v) is 2.56. The van der Waals surface area contributed by atoms with Crippen molar-refractivity contribution >= 4 is 29.2 Å². The molecule has 0 unspecified atom stereocenters. The van der Waals surface area contributed by atoms with Crippen molar-refractivity contribution in [2.45, 2.75) is 6.61 Å². The quantitative estimate of drug-likeness (QED) is 0.383. The molecule has 0 saturated heterocycles. The summed E-state index contributed by atoms with van der Waals surface area (Å²) < 4.78 is 16.3. The van der Waals surface area contributed by atoms with E-state index in [1.54, 1.807) is 36.4 Å². The summed E-state index contributed by atoms with van der Waals surface area (Å²) in [7, 11) is 0. The molecule has 0 radical (unpaired) electrons. The lowest BCUT2D eigenvalue weighted by Gasteiger charge is -2.09. The molecule has 0 aliphatic heterocycles. The third-order valence-corrected chi connectivity index (χ3v) is 4.09. The van der Waals surface area contributed by atoms with Gasteiger partial charge in [0.05, 0.1) is 5.02 Å². The van der Waals surface area contributed by atoms with Gasteiger partial charge in [0.25, 0.3) is 0 Å². The Bertz CT molecular complexity index is 896. The van der Waals surface area contributed by atoms with Crippen LogP contribution in [0.4, 0.5) is 0 Å². The van der Waals surface area contributed by atoms with E-state index in [2.05, 4.69) is 0 Å². The molecule has 3 aromatic carbocycles. The van der Waals surface area contributed by atoms with Crippen LogP contribution >= 0.6 is 23.2 Å². The van der Waals surface area contributed by atoms with Gasteiger partial charge in [0.2, 0.25) is 0 Å². The molecule has 0 aliphatic carbocycles. The molecule has 0 aliphatic rings. The Kier molecular flexibility index (Phi) is 6.58. The van der Waals surface area contributed by atoms with Gasteiger partial charge in [-0.15, -0.1) is 0 Å². The Morgan fingerprint density at radius 1 is 0.815 bits per heavy atom. The average molecular weight is 403 g/mol. The monoisotopic (exact) mass is 402 g/mol. The average Bonchev–Trinajstić information content (AvgIpc) is 2.69. The second-order valence-corrected chi connectivity index (χ2v) is 6.43. The molecule has 4 nitrogen and oxygen atoms in total. The number of hydrogen-bond acceptors (Lipinski definition) is 4. The van der Waals surface area contributed by atoms with E-state index < -0.39 is 5.97 Å². The molecular weight excluding hydrogens is 387 g/mol. The molecule has 0 atom stereocenters. The summed E-state index contributed by atoms with van der Waals surface area (Å²) in [5.74, 6) is 0.850. The van der Waals surface area contributed by atoms with Gasteiger partial charge in [-0.05, 0) is 42.0 Å². The minimum absolute atomic E-state index is 0.285. The minimum Gasteiger partial charge on any atom is -0.489 e. The zero-order chi connectivity index (χ0) is 19.1. The Hall–Kier alpha value is -2.69. The molecule has 27 heavy (non-hydrogen) atoms. The molecule has 6 heteroatoms. The van der Waals surface area contributed by atoms with Gasteiger partial charge in [-0.1, -0.05) is 53.5 Å². The van der Waals surface area contributed by atoms with Crippen LogP contribution in [0.5, 0.6) is 17.2 Å². The Morgan fingerprint density at radius 3 is 2.26 bits per heavy atom. The predicted octanol–water partition coefficient (Wildman–Crippen LogP) is 5.56. The van der Waals surface area contributed by atoms with Crippen LogP contribution in [-0.2, 0) is 11.4 Å². The number of ether oxygens (including phenoxy) is 3. The molecule has 0 bridgehead atoms. The van der Waals surface area contributed by atoms with Gasteiger partial charge in [-0.2, -0.15) is 0 Å². The number of halogens is 2. The van der Waals surface area contributed by atoms with Gasteiger partial charge >= 0.3 is 5.97 Å². The van der Waals surface area contributed by atoms with Crippen LogP contribution in [0.2, 0.25) is 10.0 Å². The van der Waals surface area contributed by atoms with E-state index in [9.17, 15) is 4.79 Å². The van der Waals surface area contributed by atoms with Crippen molar-refractivity contribution in [1.82, 2.24) is 0 Å². The molecule has 0 amide bonds. The van der Waals surface area contributed by atoms with Crippen LogP contribution in [-0.4, -0.2) is 12.6 Å². The van der Waals surface area contributed by atoms with E-state index in [1.165, 1.54) is 6.07 Å². The zero-order valence-corrected chi connectivity index (χ0v) is 15.7. The molecule has 3 rings (SSSR count). The third kappa shape index (κ3) is 5.91.